The molecule has 11 nitrogen and oxygen atoms in total. The SMILES string of the molecule is Cc1c(Cc2nc3ccccc3s2)nnc2c1CCCN2c1ccc(-c2cnn(CC34CC5(C)CC(C)(CC(CCCNCCCCO)(C5)C3)C4)c2C)c(C(=O)O)n1. The average molecular weight is 803 g/mol. The number of para-hydroxylation sites is 1. The average Bonchev–Trinajstić information content (AvgIpc) is 3.75. The maximum Gasteiger partial charge on any atom is 0.355 e. The second kappa shape index (κ2) is 15.1. The molecule has 0 amide bonds. The third kappa shape index (κ3) is 7.34. The molecule has 5 aliphatic rings. The van der Waals surface area contributed by atoms with Gasteiger partial charge in [-0.3, -0.25) is 4.68 Å². The number of hydrogen-bond acceptors (Lipinski definition) is 10. The first-order chi connectivity index (χ1) is 27.9. The van der Waals surface area contributed by atoms with E-state index in [1.807, 2.05) is 41.4 Å². The number of hydrogen-bond donors (Lipinski definition) is 3. The van der Waals surface area contributed by atoms with Gasteiger partial charge in [0.05, 0.1) is 27.1 Å². The molecule has 4 fully saturated rings. The van der Waals surface area contributed by atoms with Crippen molar-refractivity contribution in [2.45, 2.75) is 118 Å². The van der Waals surface area contributed by atoms with Crippen molar-refractivity contribution >= 4 is 39.2 Å². The number of aromatic carboxylic acids is 1. The van der Waals surface area contributed by atoms with Crippen LogP contribution in [0.4, 0.5) is 11.6 Å². The number of anilines is 2. The number of aliphatic hydroxyl groups is 1. The van der Waals surface area contributed by atoms with Gasteiger partial charge in [-0.25, -0.2) is 14.8 Å². The molecule has 4 aliphatic carbocycles. The summed E-state index contributed by atoms with van der Waals surface area (Å²) in [7, 11) is 0. The van der Waals surface area contributed by atoms with E-state index in [2.05, 4.69) is 43.8 Å². The number of benzene rings is 1. The van der Waals surface area contributed by atoms with Crippen LogP contribution in [0.3, 0.4) is 0 Å². The number of aliphatic hydroxyl groups excluding tert-OH is 1. The lowest BCUT2D eigenvalue weighted by Crippen LogP contribution is -2.60. The first-order valence-corrected chi connectivity index (χ1v) is 22.3. The molecule has 10 rings (SSSR count). The summed E-state index contributed by atoms with van der Waals surface area (Å²) < 4.78 is 3.34. The normalized spacial score (nSPS) is 26.1. The molecule has 0 spiro atoms. The van der Waals surface area contributed by atoms with Gasteiger partial charge in [0.2, 0.25) is 0 Å². The molecule has 2 atom stereocenters. The largest absolute Gasteiger partial charge is 0.476 e. The third-order valence-corrected chi connectivity index (χ3v) is 15.0. The van der Waals surface area contributed by atoms with E-state index in [1.165, 1.54) is 56.1 Å². The van der Waals surface area contributed by atoms with Crippen molar-refractivity contribution in [1.29, 1.82) is 0 Å². The van der Waals surface area contributed by atoms with Crippen LogP contribution in [-0.4, -0.2) is 72.4 Å². The van der Waals surface area contributed by atoms with Crippen LogP contribution in [-0.2, 0) is 19.4 Å². The third-order valence-electron chi connectivity index (χ3n) is 14.0. The predicted octanol–water partition coefficient (Wildman–Crippen LogP) is 8.84. The molecular weight excluding hydrogens is 745 g/mol. The van der Waals surface area contributed by atoms with E-state index in [0.29, 0.717) is 40.6 Å². The maximum absolute atomic E-state index is 13.0. The molecule has 4 saturated carbocycles. The fourth-order valence-electron chi connectivity index (χ4n) is 13.0. The zero-order chi connectivity index (χ0) is 40.3. The van der Waals surface area contributed by atoms with Gasteiger partial charge in [0.25, 0.3) is 0 Å². The van der Waals surface area contributed by atoms with Crippen molar-refractivity contribution in [3.8, 4) is 11.1 Å². The minimum Gasteiger partial charge on any atom is -0.476 e. The Balaban J connectivity index is 0.948. The van der Waals surface area contributed by atoms with Crippen LogP contribution in [0.5, 0.6) is 0 Å². The van der Waals surface area contributed by atoms with Crippen molar-refractivity contribution in [2.75, 3.05) is 31.1 Å². The summed E-state index contributed by atoms with van der Waals surface area (Å²) in [5.74, 6) is 0.268. The Morgan fingerprint density at radius 2 is 1.67 bits per heavy atom. The molecule has 5 aromatic rings. The Kier molecular flexibility index (Phi) is 10.2. The van der Waals surface area contributed by atoms with Crippen LogP contribution < -0.4 is 10.2 Å². The monoisotopic (exact) mass is 802 g/mol. The highest BCUT2D eigenvalue weighted by Crippen LogP contribution is 2.75. The Labute approximate surface area is 345 Å². The Hall–Kier alpha value is -4.26. The van der Waals surface area contributed by atoms with Gasteiger partial charge in [-0.05, 0) is 155 Å². The lowest BCUT2D eigenvalue weighted by molar-refractivity contribution is -0.197. The van der Waals surface area contributed by atoms with Gasteiger partial charge in [0, 0.05) is 48.5 Å². The van der Waals surface area contributed by atoms with E-state index in [1.54, 1.807) is 11.3 Å². The Bertz CT molecular complexity index is 2300. The second-order valence-corrected chi connectivity index (χ2v) is 20.3. The highest BCUT2D eigenvalue weighted by atomic mass is 32.1. The van der Waals surface area contributed by atoms with E-state index < -0.39 is 5.97 Å². The number of thiazole rings is 1. The number of pyridine rings is 1. The minimum atomic E-state index is -1.05. The molecule has 1 aliphatic heterocycles. The zero-order valence-corrected chi connectivity index (χ0v) is 35.4. The topological polar surface area (TPSA) is 142 Å². The van der Waals surface area contributed by atoms with E-state index in [4.69, 9.17) is 30.4 Å². The summed E-state index contributed by atoms with van der Waals surface area (Å²) in [6.45, 7) is 13.1. The van der Waals surface area contributed by atoms with Crippen molar-refractivity contribution in [2.24, 2.45) is 21.7 Å². The number of rotatable bonds is 15. The summed E-state index contributed by atoms with van der Waals surface area (Å²) in [6, 6.07) is 12.0. The predicted molar refractivity (Wildman–Crippen MR) is 229 cm³/mol. The highest BCUT2D eigenvalue weighted by Gasteiger charge is 2.65. The first-order valence-electron chi connectivity index (χ1n) is 21.4. The summed E-state index contributed by atoms with van der Waals surface area (Å²) in [5, 5.41) is 38.8. The summed E-state index contributed by atoms with van der Waals surface area (Å²) in [6.07, 6.45) is 16.3. The lowest BCUT2D eigenvalue weighted by Gasteiger charge is -2.70. The van der Waals surface area contributed by atoms with Gasteiger partial charge in [0.1, 0.15) is 5.82 Å². The standard InChI is InChI=1S/C46H58N8O3S/c1-30-32-11-9-19-53(41(32)52-51-36(30)21-39-49-35-12-5-6-13-37(35)58-39)38-15-14-33(40(50-38)42(56)57)34-22-48-54(31(34)2)29-46-26-43(3)23-44(4,27-46)25-45(24-43,28-46)16-10-18-47-17-7-8-20-55/h5-6,12-15,22,47,55H,7-11,16-21,23-29H2,1-4H3,(H,56,57). The molecule has 1 aromatic carbocycles. The van der Waals surface area contributed by atoms with E-state index in [9.17, 15) is 9.90 Å². The number of nitrogens with one attached hydrogen (secondary N) is 1. The Morgan fingerprint density at radius 1 is 0.897 bits per heavy atom. The second-order valence-electron chi connectivity index (χ2n) is 19.2. The van der Waals surface area contributed by atoms with Crippen LogP contribution in [0.2, 0.25) is 0 Å². The van der Waals surface area contributed by atoms with Gasteiger partial charge in [-0.15, -0.1) is 16.4 Å². The molecule has 0 saturated heterocycles. The van der Waals surface area contributed by atoms with Crippen molar-refractivity contribution < 1.29 is 15.0 Å². The number of carboxylic acids is 1. The van der Waals surface area contributed by atoms with Crippen LogP contribution in [0, 0.1) is 35.5 Å². The fourth-order valence-corrected chi connectivity index (χ4v) is 14.0. The van der Waals surface area contributed by atoms with E-state index >= 15 is 0 Å². The number of fused-ring (bicyclic) bond motifs is 2. The fraction of sp³-hybridized carbons (Fsp3) is 0.565. The van der Waals surface area contributed by atoms with Crippen LogP contribution >= 0.6 is 11.3 Å². The number of carbonyl (C=O) groups is 1. The van der Waals surface area contributed by atoms with Crippen LogP contribution in [0.15, 0.2) is 42.6 Å². The van der Waals surface area contributed by atoms with E-state index in [-0.39, 0.29) is 17.7 Å². The molecule has 58 heavy (non-hydrogen) atoms. The maximum atomic E-state index is 13.0. The molecule has 12 heteroatoms. The summed E-state index contributed by atoms with van der Waals surface area (Å²) >= 11 is 1.69. The molecule has 5 heterocycles. The van der Waals surface area contributed by atoms with E-state index in [0.717, 1.165) is 89.7 Å². The number of unbranched alkanes of at least 4 members (excludes halogenated alkanes) is 1. The number of carboxylic acid groups (broad SMARTS) is 1. The quantitative estimate of drug-likeness (QED) is 0.0880. The smallest absolute Gasteiger partial charge is 0.355 e. The van der Waals surface area contributed by atoms with Gasteiger partial charge in [-0.2, -0.15) is 10.2 Å². The molecular formula is C46H58N8O3S. The molecule has 4 aromatic heterocycles. The number of aromatic nitrogens is 6. The van der Waals surface area contributed by atoms with Gasteiger partial charge in [0.15, 0.2) is 11.5 Å². The Morgan fingerprint density at radius 3 is 2.45 bits per heavy atom. The van der Waals surface area contributed by atoms with Gasteiger partial charge in [-0.1, -0.05) is 26.0 Å². The van der Waals surface area contributed by atoms with Crippen LogP contribution in [0.25, 0.3) is 21.3 Å². The van der Waals surface area contributed by atoms with Crippen LogP contribution in [0.1, 0.15) is 122 Å². The summed E-state index contributed by atoms with van der Waals surface area (Å²) in [5.41, 5.74) is 7.84. The molecule has 0 radical (unpaired) electrons. The minimum absolute atomic E-state index is 0.0307. The van der Waals surface area contributed by atoms with Gasteiger partial charge < -0.3 is 20.4 Å². The summed E-state index contributed by atoms with van der Waals surface area (Å²) in [4.78, 5) is 24.6. The molecule has 4 bridgehead atoms. The van der Waals surface area contributed by atoms with Gasteiger partial charge >= 0.3 is 5.97 Å². The van der Waals surface area contributed by atoms with Crippen molar-refractivity contribution in [3.05, 3.63) is 75.8 Å². The molecule has 3 N–H and O–H groups in total. The lowest BCUT2D eigenvalue weighted by atomic mass is 9.35. The zero-order valence-electron chi connectivity index (χ0n) is 34.6. The molecule has 306 valence electrons. The highest BCUT2D eigenvalue weighted by molar-refractivity contribution is 7.18. The molecule has 2 unspecified atom stereocenters. The van der Waals surface area contributed by atoms with Crippen molar-refractivity contribution in [3.63, 3.8) is 0 Å². The first kappa shape index (κ1) is 39.2. The van der Waals surface area contributed by atoms with Crippen molar-refractivity contribution in [1.82, 2.24) is 35.3 Å². The number of nitrogens with zero attached hydrogens (tertiary/aromatic N) is 7.